The first-order valence-corrected chi connectivity index (χ1v) is 6.98. The Kier molecular flexibility index (Phi) is 4.19. The molecule has 100 valence electrons. The summed E-state index contributed by atoms with van der Waals surface area (Å²) in [4.78, 5) is 18.1. The van der Waals surface area contributed by atoms with Gasteiger partial charge in [-0.2, -0.15) is 0 Å². The van der Waals surface area contributed by atoms with Gasteiger partial charge in [0.15, 0.2) is 5.13 Å². The maximum absolute atomic E-state index is 11.2. The summed E-state index contributed by atoms with van der Waals surface area (Å²) in [6.07, 6.45) is 2.59. The minimum absolute atomic E-state index is 0.312. The maximum atomic E-state index is 11.2. The first-order chi connectivity index (χ1) is 8.63. The fourth-order valence-electron chi connectivity index (χ4n) is 2.05. The van der Waals surface area contributed by atoms with Crippen molar-refractivity contribution in [1.82, 2.24) is 4.98 Å². The Morgan fingerprint density at radius 2 is 2.44 bits per heavy atom. The van der Waals surface area contributed by atoms with Crippen LogP contribution in [0, 0.1) is 0 Å². The van der Waals surface area contributed by atoms with Crippen LogP contribution in [0.3, 0.4) is 0 Å². The lowest BCUT2D eigenvalue weighted by Crippen LogP contribution is -2.31. The molecule has 1 aromatic rings. The fraction of sp³-hybridized carbons (Fsp3) is 0.667. The van der Waals surface area contributed by atoms with E-state index in [2.05, 4.69) is 4.98 Å². The number of aromatic nitrogens is 1. The topological polar surface area (TPSA) is 62.7 Å². The molecule has 1 aliphatic heterocycles. The molecule has 1 fully saturated rings. The van der Waals surface area contributed by atoms with E-state index in [9.17, 15) is 9.90 Å². The molecule has 1 aliphatic rings. The number of likely N-dealkylation sites (N-methyl/N-ethyl adjacent to an activating group) is 1. The SMILES string of the molecule is CCCc1nc(N(C)C2CCOC2)sc1C(=O)O. The third-order valence-corrected chi connectivity index (χ3v) is 4.30. The summed E-state index contributed by atoms with van der Waals surface area (Å²) in [6.45, 7) is 3.49. The summed E-state index contributed by atoms with van der Waals surface area (Å²) < 4.78 is 5.35. The number of aromatic carboxylic acids is 1. The number of nitrogens with zero attached hydrogens (tertiary/aromatic N) is 2. The van der Waals surface area contributed by atoms with Crippen molar-refractivity contribution in [3.8, 4) is 0 Å². The van der Waals surface area contributed by atoms with Gasteiger partial charge in [-0.1, -0.05) is 24.7 Å². The standard InChI is InChI=1S/C12H18N2O3S/c1-3-4-9-10(11(15)16)18-12(13-9)14(2)8-5-6-17-7-8/h8H,3-7H2,1-2H3,(H,15,16). The van der Waals surface area contributed by atoms with Crippen molar-refractivity contribution in [2.45, 2.75) is 32.2 Å². The lowest BCUT2D eigenvalue weighted by molar-refractivity contribution is 0.0700. The number of rotatable bonds is 5. The van der Waals surface area contributed by atoms with E-state index in [-0.39, 0.29) is 0 Å². The van der Waals surface area contributed by atoms with Crippen molar-refractivity contribution in [3.05, 3.63) is 10.6 Å². The molecule has 1 unspecified atom stereocenters. The second-order valence-corrected chi connectivity index (χ2v) is 5.43. The van der Waals surface area contributed by atoms with Gasteiger partial charge in [0.1, 0.15) is 4.88 Å². The van der Waals surface area contributed by atoms with Crippen molar-refractivity contribution in [2.75, 3.05) is 25.2 Å². The summed E-state index contributed by atoms with van der Waals surface area (Å²) in [6, 6.07) is 0.312. The van der Waals surface area contributed by atoms with Crippen LogP contribution >= 0.6 is 11.3 Å². The van der Waals surface area contributed by atoms with Gasteiger partial charge in [-0.3, -0.25) is 0 Å². The molecule has 18 heavy (non-hydrogen) atoms. The third-order valence-electron chi connectivity index (χ3n) is 3.12. The van der Waals surface area contributed by atoms with E-state index >= 15 is 0 Å². The minimum atomic E-state index is -0.877. The second kappa shape index (κ2) is 5.67. The van der Waals surface area contributed by atoms with Crippen LogP contribution in [0.4, 0.5) is 5.13 Å². The number of thiazole rings is 1. The summed E-state index contributed by atoms with van der Waals surface area (Å²) in [7, 11) is 1.96. The smallest absolute Gasteiger partial charge is 0.347 e. The van der Waals surface area contributed by atoms with Gasteiger partial charge in [-0.05, 0) is 12.8 Å². The zero-order valence-electron chi connectivity index (χ0n) is 10.7. The minimum Gasteiger partial charge on any atom is -0.477 e. The van der Waals surface area contributed by atoms with Crippen LogP contribution in [-0.2, 0) is 11.2 Å². The molecule has 6 heteroatoms. The predicted molar refractivity (Wildman–Crippen MR) is 70.7 cm³/mol. The highest BCUT2D eigenvalue weighted by Gasteiger charge is 2.25. The number of hydrogen-bond donors (Lipinski definition) is 1. The molecule has 2 heterocycles. The Labute approximate surface area is 110 Å². The van der Waals surface area contributed by atoms with Gasteiger partial charge >= 0.3 is 5.97 Å². The van der Waals surface area contributed by atoms with E-state index in [1.165, 1.54) is 11.3 Å². The highest BCUT2D eigenvalue weighted by molar-refractivity contribution is 7.17. The van der Waals surface area contributed by atoms with Gasteiger partial charge in [-0.25, -0.2) is 9.78 Å². The fourth-order valence-corrected chi connectivity index (χ4v) is 3.03. The van der Waals surface area contributed by atoms with Gasteiger partial charge in [0, 0.05) is 13.7 Å². The highest BCUT2D eigenvalue weighted by Crippen LogP contribution is 2.29. The van der Waals surface area contributed by atoms with Crippen LogP contribution in [0.1, 0.15) is 35.1 Å². The molecule has 1 atom stereocenters. The van der Waals surface area contributed by atoms with Gasteiger partial charge < -0.3 is 14.7 Å². The first-order valence-electron chi connectivity index (χ1n) is 6.17. The molecule has 0 saturated carbocycles. The van der Waals surface area contributed by atoms with Gasteiger partial charge in [0.25, 0.3) is 0 Å². The maximum Gasteiger partial charge on any atom is 0.347 e. The van der Waals surface area contributed by atoms with E-state index in [4.69, 9.17) is 4.74 Å². The molecule has 1 saturated heterocycles. The van der Waals surface area contributed by atoms with Crippen LogP contribution in [0.15, 0.2) is 0 Å². The molecular formula is C12H18N2O3S. The first kappa shape index (κ1) is 13.3. The Morgan fingerprint density at radius 3 is 3.00 bits per heavy atom. The quantitative estimate of drug-likeness (QED) is 0.887. The Hall–Kier alpha value is -1.14. The number of carbonyl (C=O) groups is 1. The molecular weight excluding hydrogens is 252 g/mol. The van der Waals surface area contributed by atoms with Crippen molar-refractivity contribution >= 4 is 22.4 Å². The predicted octanol–water partition coefficient (Wildman–Crippen LogP) is 2.02. The second-order valence-electron chi connectivity index (χ2n) is 4.46. The van der Waals surface area contributed by atoms with Crippen molar-refractivity contribution in [2.24, 2.45) is 0 Å². The molecule has 1 aromatic heterocycles. The molecule has 0 aliphatic carbocycles. The lowest BCUT2D eigenvalue weighted by Gasteiger charge is -2.21. The van der Waals surface area contributed by atoms with Crippen LogP contribution in [0.2, 0.25) is 0 Å². The van der Waals surface area contributed by atoms with Crippen LogP contribution in [-0.4, -0.2) is 42.4 Å². The monoisotopic (exact) mass is 270 g/mol. The van der Waals surface area contributed by atoms with E-state index in [1.807, 2.05) is 18.9 Å². The molecule has 0 spiro atoms. The number of carboxylic acid groups (broad SMARTS) is 1. The Bertz CT molecular complexity index is 427. The zero-order valence-corrected chi connectivity index (χ0v) is 11.5. The molecule has 0 amide bonds. The van der Waals surface area contributed by atoms with E-state index < -0.39 is 5.97 Å². The molecule has 1 N–H and O–H groups in total. The van der Waals surface area contributed by atoms with Crippen LogP contribution < -0.4 is 4.90 Å². The van der Waals surface area contributed by atoms with E-state index in [0.717, 1.165) is 24.6 Å². The van der Waals surface area contributed by atoms with Crippen molar-refractivity contribution in [3.63, 3.8) is 0 Å². The molecule has 2 rings (SSSR count). The molecule has 0 aromatic carbocycles. The van der Waals surface area contributed by atoms with Crippen LogP contribution in [0.5, 0.6) is 0 Å². The third kappa shape index (κ3) is 2.64. The average molecular weight is 270 g/mol. The lowest BCUT2D eigenvalue weighted by atomic mass is 10.2. The number of aryl methyl sites for hydroxylation is 1. The molecule has 5 nitrogen and oxygen atoms in total. The summed E-state index contributed by atoms with van der Waals surface area (Å²) in [5, 5.41) is 9.96. The number of carboxylic acids is 1. The van der Waals surface area contributed by atoms with Gasteiger partial charge in [-0.15, -0.1) is 0 Å². The van der Waals surface area contributed by atoms with E-state index in [0.29, 0.717) is 29.6 Å². The van der Waals surface area contributed by atoms with Crippen molar-refractivity contribution in [1.29, 1.82) is 0 Å². The Balaban J connectivity index is 2.22. The summed E-state index contributed by atoms with van der Waals surface area (Å²) in [5.41, 5.74) is 0.704. The largest absolute Gasteiger partial charge is 0.477 e. The normalized spacial score (nSPS) is 19.1. The van der Waals surface area contributed by atoms with E-state index in [1.54, 1.807) is 0 Å². The average Bonchev–Trinajstić information content (AvgIpc) is 2.97. The number of ether oxygens (including phenoxy) is 1. The van der Waals surface area contributed by atoms with Gasteiger partial charge in [0.05, 0.1) is 18.3 Å². The molecule has 0 radical (unpaired) electrons. The van der Waals surface area contributed by atoms with Gasteiger partial charge in [0.2, 0.25) is 0 Å². The highest BCUT2D eigenvalue weighted by atomic mass is 32.1. The summed E-state index contributed by atoms with van der Waals surface area (Å²) >= 11 is 1.26. The molecule has 0 bridgehead atoms. The van der Waals surface area contributed by atoms with Crippen molar-refractivity contribution < 1.29 is 14.6 Å². The number of anilines is 1. The zero-order chi connectivity index (χ0) is 13.1. The number of hydrogen-bond acceptors (Lipinski definition) is 5. The van der Waals surface area contributed by atoms with Crippen LogP contribution in [0.25, 0.3) is 0 Å². The Morgan fingerprint density at radius 1 is 1.67 bits per heavy atom. The summed E-state index contributed by atoms with van der Waals surface area (Å²) in [5.74, 6) is -0.877.